The number of carboxylic acids is 1. The largest absolute Gasteiger partial charge is 0.480 e. The van der Waals surface area contributed by atoms with Crippen molar-refractivity contribution in [2.45, 2.75) is 95.2 Å². The highest BCUT2D eigenvalue weighted by molar-refractivity contribution is 7.80. The summed E-state index contributed by atoms with van der Waals surface area (Å²) in [6.07, 6.45) is 4.41. The molecule has 0 saturated carbocycles. The summed E-state index contributed by atoms with van der Waals surface area (Å²) in [7, 11) is 0. The van der Waals surface area contributed by atoms with Gasteiger partial charge in [0.1, 0.15) is 36.3 Å². The third-order valence-electron chi connectivity index (χ3n) is 10.6. The highest BCUT2D eigenvalue weighted by Crippen LogP contribution is 2.21. The zero-order chi connectivity index (χ0) is 49.3. The van der Waals surface area contributed by atoms with Gasteiger partial charge in [0, 0.05) is 66.3 Å². The number of H-pyrrole nitrogens is 2. The van der Waals surface area contributed by atoms with Crippen LogP contribution in [0.2, 0.25) is 0 Å². The average Bonchev–Trinajstić information content (AvgIpc) is 3.96. The van der Waals surface area contributed by atoms with E-state index in [1.54, 1.807) is 63.4 Å². The zero-order valence-electron chi connectivity index (χ0n) is 37.5. The second-order valence-corrected chi connectivity index (χ2v) is 17.6. The molecule has 0 radical (unpaired) electrons. The van der Waals surface area contributed by atoms with Gasteiger partial charge in [0.15, 0.2) is 5.96 Å². The summed E-state index contributed by atoms with van der Waals surface area (Å²) >= 11 is 8.16. The third kappa shape index (κ3) is 16.4. The number of fused-ring (bicyclic) bond motifs is 1. The number of aromatic amines is 2. The first-order chi connectivity index (χ1) is 31.8. The number of carboxylic acid groups (broad SMARTS) is 1. The number of nitrogens with two attached hydrogens (primary N) is 3. The highest BCUT2D eigenvalue weighted by atomic mass is 32.1. The van der Waals surface area contributed by atoms with Crippen molar-refractivity contribution in [1.82, 2.24) is 46.9 Å². The molecule has 0 aliphatic rings. The molecule has 21 nitrogen and oxygen atoms in total. The number of rotatable bonds is 25. The van der Waals surface area contributed by atoms with Gasteiger partial charge in [-0.05, 0) is 35.4 Å². The summed E-state index contributed by atoms with van der Waals surface area (Å²) in [5.74, 6) is -6.29. The molecule has 2 heterocycles. The number of nitrogens with zero attached hydrogens (tertiary/aromatic N) is 2. The van der Waals surface area contributed by atoms with Crippen molar-refractivity contribution in [2.75, 3.05) is 18.1 Å². The number of para-hydroxylation sites is 1. The number of hydrogen-bond acceptors (Lipinski definition) is 12. The molecule has 0 saturated heterocycles. The fourth-order valence-corrected chi connectivity index (χ4v) is 7.34. The molecule has 2 aromatic carbocycles. The van der Waals surface area contributed by atoms with Crippen LogP contribution in [0.1, 0.15) is 50.4 Å². The van der Waals surface area contributed by atoms with Crippen LogP contribution in [0, 0.1) is 5.41 Å². The van der Waals surface area contributed by atoms with E-state index in [-0.39, 0.29) is 56.1 Å². The number of carbonyl (C=O) groups excluding carboxylic acids is 6. The quantitative estimate of drug-likeness (QED) is 0.0168. The van der Waals surface area contributed by atoms with Crippen LogP contribution in [0.3, 0.4) is 0 Å². The van der Waals surface area contributed by atoms with Crippen LogP contribution in [0.25, 0.3) is 10.9 Å². The molecule has 7 atom stereocenters. The summed E-state index contributed by atoms with van der Waals surface area (Å²) in [6.45, 7) is 5.25. The topological polar surface area (TPSA) is 347 Å². The fraction of sp³-hybridized carbons (Fsp3) is 0.432. The number of imidazole rings is 1. The number of carbonyl (C=O) groups is 7. The minimum Gasteiger partial charge on any atom is -0.480 e. The van der Waals surface area contributed by atoms with E-state index < -0.39 is 89.1 Å². The van der Waals surface area contributed by atoms with Gasteiger partial charge in [-0.1, -0.05) is 69.3 Å². The van der Waals surface area contributed by atoms with Crippen molar-refractivity contribution < 1.29 is 38.7 Å². The highest BCUT2D eigenvalue weighted by Gasteiger charge is 2.37. The molecule has 0 aliphatic heterocycles. The summed E-state index contributed by atoms with van der Waals surface area (Å²) in [4.78, 5) is 110. The van der Waals surface area contributed by atoms with Gasteiger partial charge in [-0.25, -0.2) is 9.78 Å². The van der Waals surface area contributed by atoms with E-state index in [1.807, 2.05) is 18.2 Å². The Kier molecular flexibility index (Phi) is 20.1. The fourth-order valence-electron chi connectivity index (χ4n) is 6.92. The predicted octanol–water partition coefficient (Wildman–Crippen LogP) is -0.801. The molecule has 0 spiro atoms. The maximum atomic E-state index is 14.5. The van der Waals surface area contributed by atoms with Crippen LogP contribution in [0.15, 0.2) is 78.3 Å². The summed E-state index contributed by atoms with van der Waals surface area (Å²) in [5, 5.41) is 26.5. The molecule has 4 aromatic rings. The van der Waals surface area contributed by atoms with Crippen LogP contribution in [-0.4, -0.2) is 128 Å². The number of benzene rings is 2. The molecule has 4 rings (SSSR count). The van der Waals surface area contributed by atoms with Crippen molar-refractivity contribution in [1.29, 1.82) is 0 Å². The maximum absolute atomic E-state index is 14.5. The molecule has 362 valence electrons. The smallest absolute Gasteiger partial charge is 0.327 e. The van der Waals surface area contributed by atoms with Gasteiger partial charge >= 0.3 is 5.97 Å². The first kappa shape index (κ1) is 53.0. The van der Waals surface area contributed by atoms with Gasteiger partial charge in [-0.2, -0.15) is 25.3 Å². The van der Waals surface area contributed by atoms with E-state index in [0.717, 1.165) is 10.9 Å². The number of nitrogens with one attached hydrogen (secondary N) is 8. The minimum atomic E-state index is -1.38. The van der Waals surface area contributed by atoms with Gasteiger partial charge in [0.25, 0.3) is 0 Å². The molecule has 67 heavy (non-hydrogen) atoms. The number of guanidine groups is 1. The summed E-state index contributed by atoms with van der Waals surface area (Å²) in [6, 6.07) is 7.12. The van der Waals surface area contributed by atoms with Crippen molar-refractivity contribution in [3.63, 3.8) is 0 Å². The lowest BCUT2D eigenvalue weighted by atomic mass is 9.85. The summed E-state index contributed by atoms with van der Waals surface area (Å²) < 4.78 is 0. The Hall–Kier alpha value is -6.59. The Labute approximate surface area is 398 Å². The number of thiol groups is 2. The molecular weight excluding hydrogens is 903 g/mol. The number of aromatic nitrogens is 3. The Bertz CT molecular complexity index is 2340. The van der Waals surface area contributed by atoms with Gasteiger partial charge in [-0.3, -0.25) is 33.8 Å². The minimum absolute atomic E-state index is 0.0172. The van der Waals surface area contributed by atoms with E-state index in [0.29, 0.717) is 16.8 Å². The molecule has 6 amide bonds. The van der Waals surface area contributed by atoms with Crippen LogP contribution >= 0.6 is 25.3 Å². The van der Waals surface area contributed by atoms with Crippen LogP contribution in [0.4, 0.5) is 0 Å². The standard InChI is InChI=1S/C44H61N13O8S2/c1-44(2,3)35(57-36(58)28(45)21-66)41(63)55-33(18-26-20-48-23-51-26)40(62)53-31(16-24-10-5-4-6-11-24)38(60)52-30(14-9-15-49-43(46)47)37(59)54-32(39(61)56-34(22-67)42(64)65)17-25-19-50-29-13-8-7-12-27(25)29/h4-8,10-13,19-20,23,28,30-35,50,66-67H,9,14-18,21-22,45H2,1-3H3,(H,48,51)(H,52,60)(H,53,62)(H,54,59)(H,55,63)(H,56,61)(H,57,58)(H,64,65)(H4,46,47,49)/t28-,30-,31+,32-,33-,34-,35-/m0/s1. The van der Waals surface area contributed by atoms with E-state index in [4.69, 9.17) is 17.2 Å². The first-order valence-electron chi connectivity index (χ1n) is 21.4. The van der Waals surface area contributed by atoms with Crippen LogP contribution in [0.5, 0.6) is 0 Å². The van der Waals surface area contributed by atoms with Crippen LogP contribution < -0.4 is 49.1 Å². The van der Waals surface area contributed by atoms with Crippen molar-refractivity contribution in [3.05, 3.63) is 90.1 Å². The molecule has 15 N–H and O–H groups in total. The van der Waals surface area contributed by atoms with Gasteiger partial charge in [-0.15, -0.1) is 0 Å². The number of aliphatic imine (C=N–C) groups is 1. The number of hydrogen-bond donors (Lipinski definition) is 14. The van der Waals surface area contributed by atoms with E-state index >= 15 is 0 Å². The van der Waals surface area contributed by atoms with E-state index in [2.05, 4.69) is 77.1 Å². The Morgan fingerprint density at radius 1 is 0.701 bits per heavy atom. The van der Waals surface area contributed by atoms with Gasteiger partial charge < -0.3 is 64.2 Å². The Morgan fingerprint density at radius 2 is 1.27 bits per heavy atom. The normalized spacial score (nSPS) is 14.5. The van der Waals surface area contributed by atoms with Crippen molar-refractivity contribution in [2.24, 2.45) is 27.6 Å². The van der Waals surface area contributed by atoms with Gasteiger partial charge in [0.05, 0.1) is 12.4 Å². The lowest BCUT2D eigenvalue weighted by Gasteiger charge is -2.32. The first-order valence-corrected chi connectivity index (χ1v) is 22.7. The monoisotopic (exact) mass is 963 g/mol. The summed E-state index contributed by atoms with van der Waals surface area (Å²) in [5.41, 5.74) is 18.6. The molecule has 0 unspecified atom stereocenters. The Morgan fingerprint density at radius 3 is 1.85 bits per heavy atom. The number of amides is 6. The van der Waals surface area contributed by atoms with Crippen molar-refractivity contribution >= 4 is 83.5 Å². The van der Waals surface area contributed by atoms with E-state index in [9.17, 15) is 38.7 Å². The molecule has 0 aliphatic carbocycles. The lowest BCUT2D eigenvalue weighted by molar-refractivity contribution is -0.141. The molecule has 2 aromatic heterocycles. The molecule has 23 heteroatoms. The average molecular weight is 964 g/mol. The van der Waals surface area contributed by atoms with Gasteiger partial charge in [0.2, 0.25) is 35.4 Å². The van der Waals surface area contributed by atoms with Crippen molar-refractivity contribution in [3.8, 4) is 0 Å². The predicted molar refractivity (Wildman–Crippen MR) is 259 cm³/mol. The van der Waals surface area contributed by atoms with Crippen LogP contribution in [-0.2, 0) is 52.8 Å². The lowest BCUT2D eigenvalue weighted by Crippen LogP contribution is -2.62. The molecular formula is C44H61N13O8S2. The second-order valence-electron chi connectivity index (χ2n) is 16.9. The molecule has 0 bridgehead atoms. The van der Waals surface area contributed by atoms with E-state index in [1.165, 1.54) is 12.5 Å². The Balaban J connectivity index is 1.67. The maximum Gasteiger partial charge on any atom is 0.327 e. The third-order valence-corrected chi connectivity index (χ3v) is 11.3. The second kappa shape index (κ2) is 25.4. The zero-order valence-corrected chi connectivity index (χ0v) is 39.2. The molecule has 0 fully saturated rings. The number of aliphatic carboxylic acids is 1. The SMILES string of the molecule is CC(C)(C)[C@@H](NC(=O)[C@@H](N)CS)C(=O)N[C@@H](Cc1cnc[nH]1)C(=O)N[C@H](Cc1ccccc1)C(=O)N[C@@H](CCCN=C(N)N)C(=O)N[C@@H](Cc1c[nH]c2ccccc12)C(=O)N[C@@H](CS)C(=O)O.